The minimum atomic E-state index is -0.865. The molecular weight excluding hydrogens is 224 g/mol. The number of hydrogen-bond donors (Lipinski definition) is 2. The van der Waals surface area contributed by atoms with E-state index < -0.39 is 10.8 Å². The normalized spacial score (nSPS) is 35.1. The van der Waals surface area contributed by atoms with Crippen molar-refractivity contribution in [3.8, 4) is 6.07 Å². The van der Waals surface area contributed by atoms with Gasteiger partial charge in [-0.2, -0.15) is 5.26 Å². The largest absolute Gasteiger partial charge is 0.395 e. The average molecular weight is 242 g/mol. The highest BCUT2D eigenvalue weighted by atomic mass is 16.3. The van der Waals surface area contributed by atoms with Gasteiger partial charge in [-0.1, -0.05) is 43.3 Å². The molecule has 1 fully saturated rings. The van der Waals surface area contributed by atoms with Gasteiger partial charge in [0.15, 0.2) is 0 Å². The van der Waals surface area contributed by atoms with E-state index in [1.807, 2.05) is 37.3 Å². The summed E-state index contributed by atoms with van der Waals surface area (Å²) in [5.74, 6) is 0. The van der Waals surface area contributed by atoms with Crippen molar-refractivity contribution in [2.45, 2.75) is 13.0 Å². The van der Waals surface area contributed by atoms with Crippen LogP contribution in [0.15, 0.2) is 43.0 Å². The van der Waals surface area contributed by atoms with Gasteiger partial charge in [-0.3, -0.25) is 0 Å². The molecule has 0 saturated carbocycles. The smallest absolute Gasteiger partial charge is 0.110 e. The zero-order valence-corrected chi connectivity index (χ0v) is 10.6. The predicted octanol–water partition coefficient (Wildman–Crippen LogP) is 2.03. The van der Waals surface area contributed by atoms with Crippen LogP contribution in [-0.2, 0) is 0 Å². The van der Waals surface area contributed by atoms with Crippen molar-refractivity contribution in [3.05, 3.63) is 48.6 Å². The maximum atomic E-state index is 9.80. The Balaban J connectivity index is 2.51. The number of nitrogens with one attached hydrogen (secondary N) is 1. The predicted molar refractivity (Wildman–Crippen MR) is 70.6 cm³/mol. The number of hydrogen-bond acceptors (Lipinski definition) is 3. The molecule has 1 heterocycles. The number of benzene rings is 1. The van der Waals surface area contributed by atoms with Crippen molar-refractivity contribution in [3.63, 3.8) is 0 Å². The Bertz CT molecular complexity index is 479. The molecule has 0 amide bonds. The molecule has 1 aliphatic rings. The summed E-state index contributed by atoms with van der Waals surface area (Å²) in [7, 11) is 0. The van der Waals surface area contributed by atoms with E-state index in [1.165, 1.54) is 0 Å². The molecule has 94 valence electrons. The van der Waals surface area contributed by atoms with Gasteiger partial charge in [-0.05, 0) is 5.56 Å². The van der Waals surface area contributed by atoms with Crippen LogP contribution in [0.5, 0.6) is 0 Å². The van der Waals surface area contributed by atoms with Crippen molar-refractivity contribution in [2.75, 3.05) is 13.2 Å². The molecule has 1 aromatic rings. The van der Waals surface area contributed by atoms with E-state index in [0.29, 0.717) is 6.54 Å². The monoisotopic (exact) mass is 242 g/mol. The first-order valence-corrected chi connectivity index (χ1v) is 6.07. The van der Waals surface area contributed by atoms with Crippen LogP contribution in [0.1, 0.15) is 18.5 Å². The second kappa shape index (κ2) is 4.56. The summed E-state index contributed by atoms with van der Waals surface area (Å²) in [4.78, 5) is 0. The molecule has 18 heavy (non-hydrogen) atoms. The maximum Gasteiger partial charge on any atom is 0.110 e. The Morgan fingerprint density at radius 3 is 2.72 bits per heavy atom. The first-order valence-electron chi connectivity index (χ1n) is 6.07. The summed E-state index contributed by atoms with van der Waals surface area (Å²) in [6, 6.07) is 12.0. The molecule has 0 radical (unpaired) electrons. The maximum absolute atomic E-state index is 9.80. The van der Waals surface area contributed by atoms with E-state index >= 15 is 0 Å². The molecule has 2 rings (SSSR count). The van der Waals surface area contributed by atoms with Gasteiger partial charge in [0, 0.05) is 12.0 Å². The molecule has 0 aromatic heterocycles. The third-order valence-electron chi connectivity index (χ3n) is 4.22. The lowest BCUT2D eigenvalue weighted by Gasteiger charge is -2.37. The van der Waals surface area contributed by atoms with Crippen molar-refractivity contribution in [1.82, 2.24) is 5.32 Å². The number of nitriles is 1. The Kier molecular flexibility index (Phi) is 3.25. The molecule has 3 nitrogen and oxygen atoms in total. The molecule has 2 N–H and O–H groups in total. The second-order valence-electron chi connectivity index (χ2n) is 5.09. The van der Waals surface area contributed by atoms with Gasteiger partial charge in [0.2, 0.25) is 0 Å². The lowest BCUT2D eigenvalue weighted by Crippen LogP contribution is -2.41. The van der Waals surface area contributed by atoms with Gasteiger partial charge in [0.25, 0.3) is 0 Å². The van der Waals surface area contributed by atoms with E-state index in [-0.39, 0.29) is 12.6 Å². The van der Waals surface area contributed by atoms with E-state index in [9.17, 15) is 10.4 Å². The Hall–Kier alpha value is -1.63. The standard InChI is InChI=1S/C15H18N2O/c1-3-14(2)10-17-13(15(14,9-16)11-18)12-7-5-4-6-8-12/h3-8,13,17-18H,1,10-11H2,2H3/t13-,14+,15-/m0/s1. The quantitative estimate of drug-likeness (QED) is 0.797. The highest BCUT2D eigenvalue weighted by molar-refractivity contribution is 5.32. The summed E-state index contributed by atoms with van der Waals surface area (Å²) in [5.41, 5.74) is -0.272. The van der Waals surface area contributed by atoms with Crippen LogP contribution in [0.3, 0.4) is 0 Å². The molecule has 0 aliphatic carbocycles. The van der Waals surface area contributed by atoms with Crippen LogP contribution < -0.4 is 5.32 Å². The minimum absolute atomic E-state index is 0.170. The highest BCUT2D eigenvalue weighted by Gasteiger charge is 2.57. The third kappa shape index (κ3) is 1.58. The molecule has 1 aliphatic heterocycles. The van der Waals surface area contributed by atoms with Crippen LogP contribution >= 0.6 is 0 Å². The first-order chi connectivity index (χ1) is 8.63. The molecule has 1 saturated heterocycles. The topological polar surface area (TPSA) is 56.0 Å². The van der Waals surface area contributed by atoms with Gasteiger partial charge < -0.3 is 10.4 Å². The highest BCUT2D eigenvalue weighted by Crippen LogP contribution is 2.52. The molecule has 3 heteroatoms. The van der Waals surface area contributed by atoms with Gasteiger partial charge in [-0.25, -0.2) is 0 Å². The molecule has 0 spiro atoms. The number of aliphatic hydroxyl groups is 1. The molecule has 3 atom stereocenters. The van der Waals surface area contributed by atoms with Crippen LogP contribution in [0, 0.1) is 22.2 Å². The van der Waals surface area contributed by atoms with Gasteiger partial charge in [0.1, 0.15) is 5.41 Å². The van der Waals surface area contributed by atoms with Crippen molar-refractivity contribution in [1.29, 1.82) is 5.26 Å². The molecule has 1 aromatic carbocycles. The Morgan fingerprint density at radius 2 is 2.22 bits per heavy atom. The zero-order chi connectivity index (χ0) is 13.2. The third-order valence-corrected chi connectivity index (χ3v) is 4.22. The fraction of sp³-hybridized carbons (Fsp3) is 0.400. The molecular formula is C15H18N2O. The van der Waals surface area contributed by atoms with E-state index in [1.54, 1.807) is 6.08 Å². The summed E-state index contributed by atoms with van der Waals surface area (Å²) >= 11 is 0. The second-order valence-corrected chi connectivity index (χ2v) is 5.09. The van der Waals surface area contributed by atoms with Crippen LogP contribution in [0.4, 0.5) is 0 Å². The number of nitrogens with zero attached hydrogens (tertiary/aromatic N) is 1. The van der Waals surface area contributed by atoms with Gasteiger partial charge in [-0.15, -0.1) is 6.58 Å². The summed E-state index contributed by atoms with van der Waals surface area (Å²) in [6.07, 6.45) is 1.78. The van der Waals surface area contributed by atoms with Crippen molar-refractivity contribution < 1.29 is 5.11 Å². The first kappa shape index (κ1) is 12.8. The van der Waals surface area contributed by atoms with E-state index in [0.717, 1.165) is 5.56 Å². The average Bonchev–Trinajstić information content (AvgIpc) is 2.73. The molecule has 0 unspecified atom stereocenters. The van der Waals surface area contributed by atoms with Gasteiger partial charge >= 0.3 is 0 Å². The summed E-state index contributed by atoms with van der Waals surface area (Å²) in [6.45, 7) is 6.26. The lowest BCUT2D eigenvalue weighted by atomic mass is 9.63. The summed E-state index contributed by atoms with van der Waals surface area (Å²) < 4.78 is 0. The van der Waals surface area contributed by atoms with Crippen LogP contribution in [0.2, 0.25) is 0 Å². The molecule has 0 bridgehead atoms. The van der Waals surface area contributed by atoms with Gasteiger partial charge in [0.05, 0.1) is 18.7 Å². The van der Waals surface area contributed by atoms with Crippen LogP contribution in [0.25, 0.3) is 0 Å². The number of aliphatic hydroxyl groups excluding tert-OH is 1. The minimum Gasteiger partial charge on any atom is -0.395 e. The Morgan fingerprint density at radius 1 is 1.56 bits per heavy atom. The van der Waals surface area contributed by atoms with E-state index in [2.05, 4.69) is 18.0 Å². The summed E-state index contributed by atoms with van der Waals surface area (Å²) in [5, 5.41) is 22.8. The van der Waals surface area contributed by atoms with Crippen molar-refractivity contribution >= 4 is 0 Å². The fourth-order valence-corrected chi connectivity index (χ4v) is 2.78. The fourth-order valence-electron chi connectivity index (χ4n) is 2.78. The van der Waals surface area contributed by atoms with Crippen molar-refractivity contribution in [2.24, 2.45) is 10.8 Å². The number of rotatable bonds is 3. The lowest BCUT2D eigenvalue weighted by molar-refractivity contribution is 0.0930. The Labute approximate surface area is 108 Å². The van der Waals surface area contributed by atoms with E-state index in [4.69, 9.17) is 0 Å². The SMILES string of the molecule is C=C[C@]1(C)CN[C@@H](c2ccccc2)[C@]1(C#N)CO. The zero-order valence-electron chi connectivity index (χ0n) is 10.6. The van der Waals surface area contributed by atoms with Crippen LogP contribution in [-0.4, -0.2) is 18.3 Å².